The maximum Gasteiger partial charge on any atom is 0.336 e. The van der Waals surface area contributed by atoms with E-state index in [1.54, 1.807) is 14.2 Å². The van der Waals surface area contributed by atoms with E-state index in [0.29, 0.717) is 13.0 Å². The Bertz CT molecular complexity index is 1050. The second-order valence-electron chi connectivity index (χ2n) is 7.54. The molecule has 0 unspecified atom stereocenters. The number of rotatable bonds is 10. The van der Waals surface area contributed by atoms with Crippen molar-refractivity contribution in [3.8, 4) is 11.5 Å². The third-order valence-corrected chi connectivity index (χ3v) is 5.77. The van der Waals surface area contributed by atoms with Gasteiger partial charge in [-0.3, -0.25) is 0 Å². The Labute approximate surface area is 196 Å². The van der Waals surface area contributed by atoms with Gasteiger partial charge in [0.25, 0.3) is 0 Å². The summed E-state index contributed by atoms with van der Waals surface area (Å²) in [6.45, 7) is 2.64. The molecule has 5 heteroatoms. The molecular weight excluding hydrogens is 414 g/mol. The van der Waals surface area contributed by atoms with Crippen LogP contribution in [0, 0.1) is 0 Å². The molecule has 0 aliphatic heterocycles. The summed E-state index contributed by atoms with van der Waals surface area (Å²) in [5.41, 5.74) is 1.76. The minimum Gasteiger partial charge on any atom is -0.497 e. The number of nitrogens with zero attached hydrogens (tertiary/aromatic N) is 1. The van der Waals surface area contributed by atoms with E-state index in [2.05, 4.69) is 4.90 Å². The molecular formula is C28H31NO4. The number of ether oxygens (including phenoxy) is 3. The summed E-state index contributed by atoms with van der Waals surface area (Å²) in [5.74, 6) is 1.25. The topological polar surface area (TPSA) is 48.0 Å². The summed E-state index contributed by atoms with van der Waals surface area (Å²) >= 11 is 0. The maximum absolute atomic E-state index is 13.5. The van der Waals surface area contributed by atoms with Gasteiger partial charge in [0.1, 0.15) is 11.5 Å². The maximum atomic E-state index is 13.5. The molecule has 0 radical (unpaired) electrons. The molecule has 5 nitrogen and oxygen atoms in total. The van der Waals surface area contributed by atoms with Crippen LogP contribution in [-0.4, -0.2) is 33.8 Å². The number of likely N-dealkylation sites (N-methyl/N-ethyl adjacent to an activating group) is 1. The fourth-order valence-corrected chi connectivity index (χ4v) is 4.09. The van der Waals surface area contributed by atoms with E-state index in [9.17, 15) is 4.79 Å². The van der Waals surface area contributed by atoms with Crippen LogP contribution in [0.4, 0.5) is 5.69 Å². The molecule has 0 aliphatic carbocycles. The smallest absolute Gasteiger partial charge is 0.336 e. The zero-order valence-electron chi connectivity index (χ0n) is 19.7. The van der Waals surface area contributed by atoms with Gasteiger partial charge >= 0.3 is 5.97 Å². The minimum atomic E-state index is -1.04. The van der Waals surface area contributed by atoms with Gasteiger partial charge in [-0.2, -0.15) is 0 Å². The third-order valence-electron chi connectivity index (χ3n) is 5.77. The molecule has 0 amide bonds. The highest BCUT2D eigenvalue weighted by Gasteiger charge is 2.45. The predicted molar refractivity (Wildman–Crippen MR) is 133 cm³/mol. The van der Waals surface area contributed by atoms with Crippen LogP contribution in [0.3, 0.4) is 0 Å². The highest BCUT2D eigenvalue weighted by molar-refractivity contribution is 5.87. The van der Waals surface area contributed by atoms with Crippen LogP contribution in [0.5, 0.6) is 11.5 Å². The fourth-order valence-electron chi connectivity index (χ4n) is 4.09. The van der Waals surface area contributed by atoms with E-state index < -0.39 is 5.54 Å². The molecule has 0 heterocycles. The monoisotopic (exact) mass is 445 g/mol. The Morgan fingerprint density at radius 1 is 0.848 bits per heavy atom. The SMILES string of the molecule is CCN(c1ccc(OC)cc1)[C@](C/C=C/c1ccc(OC)cc1)(C(=O)OC)c1ccccc1. The lowest BCUT2D eigenvalue weighted by molar-refractivity contribution is -0.147. The van der Waals surface area contributed by atoms with Crippen molar-refractivity contribution < 1.29 is 19.0 Å². The van der Waals surface area contributed by atoms with Crippen LogP contribution in [0.1, 0.15) is 24.5 Å². The third kappa shape index (κ3) is 5.20. The van der Waals surface area contributed by atoms with Crippen LogP contribution in [0.25, 0.3) is 6.08 Å². The van der Waals surface area contributed by atoms with Gasteiger partial charge in [0.15, 0.2) is 5.54 Å². The number of hydrogen-bond acceptors (Lipinski definition) is 5. The molecule has 0 N–H and O–H groups in total. The van der Waals surface area contributed by atoms with Crippen molar-refractivity contribution in [2.24, 2.45) is 0 Å². The Kier molecular flexibility index (Phi) is 8.14. The molecule has 3 rings (SSSR count). The number of methoxy groups -OCH3 is 3. The molecule has 172 valence electrons. The second kappa shape index (κ2) is 11.2. The predicted octanol–water partition coefficient (Wildman–Crippen LogP) is 5.70. The molecule has 0 fully saturated rings. The summed E-state index contributed by atoms with van der Waals surface area (Å²) in [6, 6.07) is 25.3. The lowest BCUT2D eigenvalue weighted by atomic mass is 9.83. The molecule has 1 atom stereocenters. The normalized spacial score (nSPS) is 12.7. The van der Waals surface area contributed by atoms with E-state index in [-0.39, 0.29) is 5.97 Å². The van der Waals surface area contributed by atoms with Crippen molar-refractivity contribution in [1.82, 2.24) is 0 Å². The minimum absolute atomic E-state index is 0.314. The first kappa shape index (κ1) is 23.9. The van der Waals surface area contributed by atoms with Gasteiger partial charge in [0.2, 0.25) is 0 Å². The summed E-state index contributed by atoms with van der Waals surface area (Å²) in [6.07, 6.45) is 4.47. The molecule has 0 aromatic heterocycles. The lowest BCUT2D eigenvalue weighted by Gasteiger charge is -2.42. The highest BCUT2D eigenvalue weighted by Crippen LogP contribution is 2.38. The first-order valence-corrected chi connectivity index (χ1v) is 10.9. The van der Waals surface area contributed by atoms with Crippen molar-refractivity contribution in [3.63, 3.8) is 0 Å². The van der Waals surface area contributed by atoms with Crippen molar-refractivity contribution in [2.75, 3.05) is 32.8 Å². The van der Waals surface area contributed by atoms with Crippen molar-refractivity contribution in [2.45, 2.75) is 18.9 Å². The Morgan fingerprint density at radius 2 is 1.42 bits per heavy atom. The fraction of sp³-hybridized carbons (Fsp3) is 0.250. The second-order valence-corrected chi connectivity index (χ2v) is 7.54. The van der Waals surface area contributed by atoms with Gasteiger partial charge in [0, 0.05) is 18.7 Å². The average molecular weight is 446 g/mol. The zero-order chi connectivity index (χ0) is 23.7. The molecule has 0 bridgehead atoms. The van der Waals surface area contributed by atoms with Crippen LogP contribution in [0.2, 0.25) is 0 Å². The number of carbonyl (C=O) groups excluding carboxylic acids is 1. The lowest BCUT2D eigenvalue weighted by Crippen LogP contribution is -2.53. The summed E-state index contributed by atoms with van der Waals surface area (Å²) in [7, 11) is 4.72. The number of benzene rings is 3. The average Bonchev–Trinajstić information content (AvgIpc) is 2.89. The Morgan fingerprint density at radius 3 is 1.94 bits per heavy atom. The molecule has 3 aromatic rings. The molecule has 0 spiro atoms. The van der Waals surface area contributed by atoms with E-state index in [0.717, 1.165) is 28.3 Å². The largest absolute Gasteiger partial charge is 0.497 e. The Hall–Kier alpha value is -3.73. The molecule has 0 aliphatic rings. The van der Waals surface area contributed by atoms with Crippen LogP contribution in [0.15, 0.2) is 84.9 Å². The number of anilines is 1. The van der Waals surface area contributed by atoms with Crippen LogP contribution < -0.4 is 14.4 Å². The number of carbonyl (C=O) groups is 1. The summed E-state index contributed by atoms with van der Waals surface area (Å²) in [4.78, 5) is 15.6. The summed E-state index contributed by atoms with van der Waals surface area (Å²) < 4.78 is 16.0. The molecule has 33 heavy (non-hydrogen) atoms. The summed E-state index contributed by atoms with van der Waals surface area (Å²) in [5, 5.41) is 0. The number of esters is 1. The van der Waals surface area contributed by atoms with Gasteiger partial charge in [-0.05, 0) is 54.4 Å². The zero-order valence-corrected chi connectivity index (χ0v) is 19.7. The molecule has 0 saturated carbocycles. The van der Waals surface area contributed by atoms with E-state index >= 15 is 0 Å². The van der Waals surface area contributed by atoms with Gasteiger partial charge in [-0.1, -0.05) is 54.6 Å². The molecule has 0 saturated heterocycles. The number of hydrogen-bond donors (Lipinski definition) is 0. The van der Waals surface area contributed by atoms with E-state index in [1.165, 1.54) is 7.11 Å². The van der Waals surface area contributed by atoms with Gasteiger partial charge in [-0.25, -0.2) is 4.79 Å². The standard InChI is InChI=1S/C28H31NO4/c1-5-29(24-15-19-26(32-3)20-16-24)28(27(30)33-4,23-11-7-6-8-12-23)21-9-10-22-13-17-25(31-2)18-14-22/h6-20H,5,21H2,1-4H3/b10-9+/t28-/m0/s1. The first-order chi connectivity index (χ1) is 16.1. The Balaban J connectivity index is 2.08. The van der Waals surface area contributed by atoms with Crippen LogP contribution >= 0.6 is 0 Å². The quantitative estimate of drug-likeness (QED) is 0.375. The van der Waals surface area contributed by atoms with Crippen LogP contribution in [-0.2, 0) is 15.1 Å². The van der Waals surface area contributed by atoms with Gasteiger partial charge in [-0.15, -0.1) is 0 Å². The van der Waals surface area contributed by atoms with Gasteiger partial charge < -0.3 is 19.1 Å². The molecule has 3 aromatic carbocycles. The van der Waals surface area contributed by atoms with E-state index in [1.807, 2.05) is 97.9 Å². The van der Waals surface area contributed by atoms with Crippen molar-refractivity contribution >= 4 is 17.7 Å². The van der Waals surface area contributed by atoms with E-state index in [4.69, 9.17) is 14.2 Å². The highest BCUT2D eigenvalue weighted by atomic mass is 16.5. The van der Waals surface area contributed by atoms with Gasteiger partial charge in [0.05, 0.1) is 21.3 Å². The van der Waals surface area contributed by atoms with Crippen molar-refractivity contribution in [3.05, 3.63) is 96.1 Å². The first-order valence-electron chi connectivity index (χ1n) is 10.9. The van der Waals surface area contributed by atoms with Crippen molar-refractivity contribution in [1.29, 1.82) is 0 Å².